The van der Waals surface area contributed by atoms with Crippen molar-refractivity contribution in [2.75, 3.05) is 11.9 Å². The molecule has 0 aliphatic rings. The van der Waals surface area contributed by atoms with E-state index >= 15 is 0 Å². The molecule has 1 heterocycles. The highest BCUT2D eigenvalue weighted by Gasteiger charge is 2.17. The number of amides is 1. The Bertz CT molecular complexity index is 677. The first-order valence-corrected chi connectivity index (χ1v) is 6.61. The van der Waals surface area contributed by atoms with Crippen LogP contribution >= 0.6 is 0 Å². The summed E-state index contributed by atoms with van der Waals surface area (Å²) >= 11 is 0. The van der Waals surface area contributed by atoms with Crippen LogP contribution in [-0.4, -0.2) is 28.3 Å². The lowest BCUT2D eigenvalue weighted by molar-refractivity contribution is 0.0527. The minimum Gasteiger partial charge on any atom is -0.462 e. The second-order valence-corrected chi connectivity index (χ2v) is 4.51. The second-order valence-electron chi connectivity index (χ2n) is 4.51. The van der Waals surface area contributed by atoms with Crippen LogP contribution in [0.3, 0.4) is 0 Å². The number of anilines is 1. The Morgan fingerprint density at radius 1 is 1.33 bits per heavy atom. The fraction of sp³-hybridized carbons (Fsp3) is 0.267. The van der Waals surface area contributed by atoms with Gasteiger partial charge in [0.05, 0.1) is 23.6 Å². The molecule has 1 aromatic carbocycles. The highest BCUT2D eigenvalue weighted by molar-refractivity contribution is 6.07. The number of hydrogen-bond acceptors (Lipinski definition) is 4. The number of hydrogen-bond donors (Lipinski definition) is 1. The summed E-state index contributed by atoms with van der Waals surface area (Å²) in [6.07, 6.45) is 0. The first-order chi connectivity index (χ1) is 10.0. The highest BCUT2D eigenvalue weighted by atomic mass is 16.5. The molecule has 0 radical (unpaired) electrons. The summed E-state index contributed by atoms with van der Waals surface area (Å²) in [5, 5.41) is 6.84. The third-order valence-corrected chi connectivity index (χ3v) is 2.91. The molecule has 110 valence electrons. The molecule has 0 aliphatic carbocycles. The summed E-state index contributed by atoms with van der Waals surface area (Å²) in [5.41, 5.74) is 1.92. The Kier molecular flexibility index (Phi) is 4.37. The largest absolute Gasteiger partial charge is 0.462 e. The molecule has 0 saturated carbocycles. The molecule has 1 aromatic heterocycles. The van der Waals surface area contributed by atoms with Crippen LogP contribution < -0.4 is 5.32 Å². The number of rotatable bonds is 4. The molecular weight excluding hydrogens is 270 g/mol. The molecule has 0 fully saturated rings. The molecule has 0 unspecified atom stereocenters. The fourth-order valence-electron chi connectivity index (χ4n) is 1.99. The van der Waals surface area contributed by atoms with Gasteiger partial charge in [-0.3, -0.25) is 9.48 Å². The smallest absolute Gasteiger partial charge is 0.340 e. The molecule has 0 aliphatic heterocycles. The molecule has 0 saturated heterocycles. The van der Waals surface area contributed by atoms with Gasteiger partial charge in [-0.25, -0.2) is 4.79 Å². The van der Waals surface area contributed by atoms with Gasteiger partial charge in [-0.2, -0.15) is 5.10 Å². The maximum Gasteiger partial charge on any atom is 0.340 e. The van der Waals surface area contributed by atoms with Crippen molar-refractivity contribution in [3.05, 3.63) is 47.3 Å². The zero-order valence-electron chi connectivity index (χ0n) is 12.2. The van der Waals surface area contributed by atoms with Crippen molar-refractivity contribution in [2.24, 2.45) is 7.05 Å². The number of ether oxygens (including phenoxy) is 1. The monoisotopic (exact) mass is 287 g/mol. The van der Waals surface area contributed by atoms with Gasteiger partial charge in [0.15, 0.2) is 0 Å². The summed E-state index contributed by atoms with van der Waals surface area (Å²) in [7, 11) is 1.69. The lowest BCUT2D eigenvalue weighted by Gasteiger charge is -2.10. The molecule has 2 aromatic rings. The van der Waals surface area contributed by atoms with Crippen molar-refractivity contribution in [1.29, 1.82) is 0 Å². The molecule has 1 amide bonds. The summed E-state index contributed by atoms with van der Waals surface area (Å²) in [4.78, 5) is 24.1. The van der Waals surface area contributed by atoms with Crippen LogP contribution in [0.4, 0.5) is 5.69 Å². The molecule has 0 bridgehead atoms. The molecule has 0 spiro atoms. The average molecular weight is 287 g/mol. The van der Waals surface area contributed by atoms with E-state index in [1.807, 2.05) is 6.92 Å². The number of para-hydroxylation sites is 1. The van der Waals surface area contributed by atoms with E-state index in [0.29, 0.717) is 16.9 Å². The normalized spacial score (nSPS) is 10.2. The minimum absolute atomic E-state index is 0.280. The maximum absolute atomic E-state index is 12.3. The van der Waals surface area contributed by atoms with Gasteiger partial charge < -0.3 is 10.1 Å². The quantitative estimate of drug-likeness (QED) is 0.874. The number of carbonyl (C=O) groups excluding carboxylic acids is 2. The topological polar surface area (TPSA) is 73.2 Å². The van der Waals surface area contributed by atoms with Crippen molar-refractivity contribution in [3.63, 3.8) is 0 Å². The third-order valence-electron chi connectivity index (χ3n) is 2.91. The van der Waals surface area contributed by atoms with E-state index in [4.69, 9.17) is 4.74 Å². The van der Waals surface area contributed by atoms with Gasteiger partial charge in [-0.05, 0) is 32.0 Å². The Morgan fingerprint density at radius 2 is 2.05 bits per heavy atom. The number of nitrogens with zero attached hydrogens (tertiary/aromatic N) is 2. The summed E-state index contributed by atoms with van der Waals surface area (Å²) in [6, 6.07) is 8.42. The number of aromatic nitrogens is 2. The van der Waals surface area contributed by atoms with E-state index in [1.54, 1.807) is 44.3 Å². The van der Waals surface area contributed by atoms with Gasteiger partial charge in [0, 0.05) is 7.05 Å². The summed E-state index contributed by atoms with van der Waals surface area (Å²) in [5.74, 6) is -0.788. The summed E-state index contributed by atoms with van der Waals surface area (Å²) in [6.45, 7) is 3.82. The third kappa shape index (κ3) is 3.28. The van der Waals surface area contributed by atoms with E-state index in [0.717, 1.165) is 5.69 Å². The van der Waals surface area contributed by atoms with Gasteiger partial charge in [-0.15, -0.1) is 0 Å². The van der Waals surface area contributed by atoms with Crippen molar-refractivity contribution >= 4 is 17.6 Å². The first-order valence-electron chi connectivity index (χ1n) is 6.61. The predicted molar refractivity (Wildman–Crippen MR) is 78.3 cm³/mol. The van der Waals surface area contributed by atoms with E-state index in [-0.39, 0.29) is 12.5 Å². The van der Waals surface area contributed by atoms with Crippen LogP contribution in [0, 0.1) is 6.92 Å². The molecular formula is C15H17N3O3. The lowest BCUT2D eigenvalue weighted by atomic mass is 10.1. The van der Waals surface area contributed by atoms with Crippen LogP contribution in [0.15, 0.2) is 30.3 Å². The van der Waals surface area contributed by atoms with Crippen LogP contribution in [0.1, 0.15) is 33.5 Å². The van der Waals surface area contributed by atoms with Gasteiger partial charge >= 0.3 is 5.97 Å². The number of benzene rings is 1. The van der Waals surface area contributed by atoms with E-state index in [1.165, 1.54) is 4.68 Å². The lowest BCUT2D eigenvalue weighted by Crippen LogP contribution is -2.18. The maximum atomic E-state index is 12.3. The van der Waals surface area contributed by atoms with E-state index < -0.39 is 5.97 Å². The number of carbonyl (C=O) groups is 2. The zero-order valence-corrected chi connectivity index (χ0v) is 12.2. The van der Waals surface area contributed by atoms with Gasteiger partial charge in [0.2, 0.25) is 0 Å². The molecule has 1 N–H and O–H groups in total. The molecule has 6 nitrogen and oxygen atoms in total. The molecule has 21 heavy (non-hydrogen) atoms. The number of aryl methyl sites for hydroxylation is 2. The fourth-order valence-corrected chi connectivity index (χ4v) is 1.99. The summed E-state index contributed by atoms with van der Waals surface area (Å²) < 4.78 is 6.47. The van der Waals surface area contributed by atoms with Gasteiger partial charge in [-0.1, -0.05) is 12.1 Å². The standard InChI is InChI=1S/C15H17N3O3/c1-4-21-15(20)11-7-5-6-8-12(11)16-14(19)13-9-10(2)17-18(13)3/h5-9H,4H2,1-3H3,(H,16,19). The van der Waals surface area contributed by atoms with Gasteiger partial charge in [0.25, 0.3) is 5.91 Å². The average Bonchev–Trinajstić information content (AvgIpc) is 2.78. The second kappa shape index (κ2) is 6.21. The molecule has 6 heteroatoms. The zero-order chi connectivity index (χ0) is 15.4. The Morgan fingerprint density at radius 3 is 2.67 bits per heavy atom. The van der Waals surface area contributed by atoms with Crippen molar-refractivity contribution in [1.82, 2.24) is 9.78 Å². The van der Waals surface area contributed by atoms with Crippen LogP contribution in [0.5, 0.6) is 0 Å². The van der Waals surface area contributed by atoms with Crippen molar-refractivity contribution < 1.29 is 14.3 Å². The van der Waals surface area contributed by atoms with Crippen LogP contribution in [0.2, 0.25) is 0 Å². The Hall–Kier alpha value is -2.63. The SMILES string of the molecule is CCOC(=O)c1ccccc1NC(=O)c1cc(C)nn1C. The van der Waals surface area contributed by atoms with Crippen molar-refractivity contribution in [2.45, 2.75) is 13.8 Å². The predicted octanol–water partition coefficient (Wildman–Crippen LogP) is 2.16. The number of nitrogens with one attached hydrogen (secondary N) is 1. The molecule has 2 rings (SSSR count). The molecule has 0 atom stereocenters. The number of esters is 1. The van der Waals surface area contributed by atoms with Crippen molar-refractivity contribution in [3.8, 4) is 0 Å². The Labute approximate surface area is 122 Å². The van der Waals surface area contributed by atoms with E-state index in [2.05, 4.69) is 10.4 Å². The van der Waals surface area contributed by atoms with Crippen LogP contribution in [-0.2, 0) is 11.8 Å². The van der Waals surface area contributed by atoms with Crippen LogP contribution in [0.25, 0.3) is 0 Å². The van der Waals surface area contributed by atoms with Gasteiger partial charge in [0.1, 0.15) is 5.69 Å². The Balaban J connectivity index is 2.25. The first kappa shape index (κ1) is 14.8. The minimum atomic E-state index is -0.463. The van der Waals surface area contributed by atoms with E-state index in [9.17, 15) is 9.59 Å². The highest BCUT2D eigenvalue weighted by Crippen LogP contribution is 2.17.